The molecule has 0 radical (unpaired) electrons. The van der Waals surface area contributed by atoms with E-state index in [1.165, 1.54) is 40.6 Å². The largest absolute Gasteiger partial charge is 0.507 e. The number of esters is 5. The summed E-state index contributed by atoms with van der Waals surface area (Å²) in [6, 6.07) is 4.37. The van der Waals surface area contributed by atoms with Crippen molar-refractivity contribution >= 4 is 29.8 Å². The normalized spacial score (nSPS) is 20.5. The summed E-state index contributed by atoms with van der Waals surface area (Å²) >= 11 is 0. The summed E-state index contributed by atoms with van der Waals surface area (Å²) in [7, 11) is 7.86. The maximum Gasteiger partial charge on any atom is 0.341 e. The average Bonchev–Trinajstić information content (AvgIpc) is 2.92. The average molecular weight is 587 g/mol. The second-order valence-electron chi connectivity index (χ2n) is 8.93. The fourth-order valence-corrected chi connectivity index (χ4v) is 4.21. The summed E-state index contributed by atoms with van der Waals surface area (Å²) in [5.74, 6) is -8.39. The van der Waals surface area contributed by atoms with E-state index < -0.39 is 65.7 Å². The molecule has 1 fully saturated rings. The van der Waals surface area contributed by atoms with Gasteiger partial charge in [-0.25, -0.2) is 4.79 Å². The lowest BCUT2D eigenvalue weighted by Crippen LogP contribution is -2.61. The van der Waals surface area contributed by atoms with Gasteiger partial charge in [-0.05, 0) is 26.0 Å². The van der Waals surface area contributed by atoms with Crippen LogP contribution in [-0.4, -0.2) is 103 Å². The standard InChI is InChI=1S/C18H28O10.C9H10O4/c1-9(7-23-3)27-17(21)13-11(15(19)25-5)12(16(20)26-6)14(13)18(22)28-10(2)8-24-4;1-12-6-3-4-7(8(10)5-6)9(11)13-2/h9-14H,7-8H2,1-6H3;3-5,10H,1-2H3. The van der Waals surface area contributed by atoms with E-state index in [0.717, 1.165) is 14.2 Å². The topological polar surface area (TPSA) is 179 Å². The molecule has 0 bridgehead atoms. The molecule has 14 heteroatoms. The smallest absolute Gasteiger partial charge is 0.341 e. The highest BCUT2D eigenvalue weighted by Gasteiger charge is 2.66. The van der Waals surface area contributed by atoms with Gasteiger partial charge in [0.15, 0.2) is 0 Å². The van der Waals surface area contributed by atoms with Crippen LogP contribution >= 0.6 is 0 Å². The van der Waals surface area contributed by atoms with Gasteiger partial charge in [-0.1, -0.05) is 0 Å². The molecule has 0 aromatic heterocycles. The van der Waals surface area contributed by atoms with Gasteiger partial charge in [-0.15, -0.1) is 0 Å². The molecule has 0 heterocycles. The lowest BCUT2D eigenvalue weighted by Gasteiger charge is -2.45. The van der Waals surface area contributed by atoms with E-state index in [2.05, 4.69) is 4.74 Å². The second kappa shape index (κ2) is 17.0. The van der Waals surface area contributed by atoms with Crippen molar-refractivity contribution in [1.29, 1.82) is 0 Å². The molecule has 0 aliphatic heterocycles. The molecule has 230 valence electrons. The van der Waals surface area contributed by atoms with E-state index >= 15 is 0 Å². The van der Waals surface area contributed by atoms with Gasteiger partial charge < -0.3 is 43.0 Å². The Hall–Kier alpha value is -3.91. The molecule has 41 heavy (non-hydrogen) atoms. The van der Waals surface area contributed by atoms with Crippen LogP contribution in [-0.2, 0) is 52.3 Å². The zero-order chi connectivity index (χ0) is 31.3. The molecule has 1 N–H and O–H groups in total. The van der Waals surface area contributed by atoms with E-state index in [1.807, 2.05) is 0 Å². The number of phenolic OH excluding ortho intramolecular Hbond substituents is 1. The zero-order valence-corrected chi connectivity index (χ0v) is 24.4. The molecule has 1 aromatic carbocycles. The molecule has 1 aliphatic carbocycles. The number of rotatable bonds is 12. The first-order chi connectivity index (χ1) is 19.4. The zero-order valence-electron chi connectivity index (χ0n) is 24.4. The maximum absolute atomic E-state index is 12.7. The van der Waals surface area contributed by atoms with Crippen LogP contribution in [0.4, 0.5) is 0 Å². The van der Waals surface area contributed by atoms with Crippen molar-refractivity contribution in [2.75, 3.05) is 55.9 Å². The molecule has 1 aliphatic rings. The number of ether oxygens (including phenoxy) is 8. The molecule has 14 nitrogen and oxygen atoms in total. The summed E-state index contributed by atoms with van der Waals surface area (Å²) in [5.41, 5.74) is 0.128. The first-order valence-electron chi connectivity index (χ1n) is 12.4. The molecule has 0 amide bonds. The first kappa shape index (κ1) is 35.1. The van der Waals surface area contributed by atoms with Gasteiger partial charge >= 0.3 is 29.8 Å². The fourth-order valence-electron chi connectivity index (χ4n) is 4.21. The molecule has 6 unspecified atom stereocenters. The first-order valence-corrected chi connectivity index (χ1v) is 12.4. The van der Waals surface area contributed by atoms with Gasteiger partial charge in [0.2, 0.25) is 0 Å². The molecular formula is C27H38O14. The number of carbonyl (C=O) groups excluding carboxylic acids is 5. The number of hydrogen-bond acceptors (Lipinski definition) is 14. The Morgan fingerprint density at radius 2 is 1.10 bits per heavy atom. The lowest BCUT2D eigenvalue weighted by atomic mass is 9.56. The van der Waals surface area contributed by atoms with Crippen LogP contribution in [0.2, 0.25) is 0 Å². The predicted octanol–water partition coefficient (Wildman–Crippen LogP) is 1.15. The van der Waals surface area contributed by atoms with Gasteiger partial charge in [-0.2, -0.15) is 0 Å². The van der Waals surface area contributed by atoms with Crippen molar-refractivity contribution in [3.05, 3.63) is 23.8 Å². The van der Waals surface area contributed by atoms with Crippen molar-refractivity contribution in [2.24, 2.45) is 23.7 Å². The van der Waals surface area contributed by atoms with Crippen LogP contribution in [0.15, 0.2) is 18.2 Å². The molecule has 0 saturated heterocycles. The number of hydrogen-bond donors (Lipinski definition) is 1. The van der Waals surface area contributed by atoms with Crippen LogP contribution in [0.1, 0.15) is 24.2 Å². The van der Waals surface area contributed by atoms with Gasteiger partial charge in [0.1, 0.15) is 29.3 Å². The predicted molar refractivity (Wildman–Crippen MR) is 139 cm³/mol. The van der Waals surface area contributed by atoms with E-state index in [9.17, 15) is 29.1 Å². The number of phenols is 1. The van der Waals surface area contributed by atoms with Crippen molar-refractivity contribution in [2.45, 2.75) is 26.1 Å². The highest BCUT2D eigenvalue weighted by Crippen LogP contribution is 2.49. The number of benzene rings is 1. The Labute approximate surface area is 238 Å². The Kier molecular flexibility index (Phi) is 14.6. The van der Waals surface area contributed by atoms with Crippen molar-refractivity contribution in [3.8, 4) is 11.5 Å². The van der Waals surface area contributed by atoms with Crippen LogP contribution in [0.3, 0.4) is 0 Å². The highest BCUT2D eigenvalue weighted by atomic mass is 16.6. The summed E-state index contributed by atoms with van der Waals surface area (Å²) in [4.78, 5) is 60.7. The minimum atomic E-state index is -1.24. The number of carbonyl (C=O) groups is 5. The molecule has 1 aromatic rings. The Balaban J connectivity index is 0.000000537. The van der Waals surface area contributed by atoms with Gasteiger partial charge in [-0.3, -0.25) is 19.2 Å². The Morgan fingerprint density at radius 1 is 0.683 bits per heavy atom. The number of aromatic hydroxyl groups is 1. The van der Waals surface area contributed by atoms with E-state index in [0.29, 0.717) is 5.75 Å². The van der Waals surface area contributed by atoms with Crippen molar-refractivity contribution in [1.82, 2.24) is 0 Å². The SMILES string of the molecule is COC(=O)c1ccc(OC)cc1O.COCC(C)OC(=O)C1C(C(=O)OC)C(C(=O)OC)C1C(=O)OC(C)COC. The van der Waals surface area contributed by atoms with Gasteiger partial charge in [0.25, 0.3) is 0 Å². The second-order valence-corrected chi connectivity index (χ2v) is 8.93. The number of methoxy groups -OCH3 is 6. The minimum absolute atomic E-state index is 0.127. The third-order valence-electron chi connectivity index (χ3n) is 6.09. The van der Waals surface area contributed by atoms with Crippen LogP contribution < -0.4 is 4.74 Å². The summed E-state index contributed by atoms with van der Waals surface area (Å²) in [5, 5.41) is 9.34. The van der Waals surface area contributed by atoms with Crippen LogP contribution in [0.5, 0.6) is 11.5 Å². The van der Waals surface area contributed by atoms with Crippen molar-refractivity contribution in [3.63, 3.8) is 0 Å². The summed E-state index contributed by atoms with van der Waals surface area (Å²) in [6.45, 7) is 3.45. The fraction of sp³-hybridized carbons (Fsp3) is 0.593. The third-order valence-corrected chi connectivity index (χ3v) is 6.09. The van der Waals surface area contributed by atoms with E-state index in [-0.39, 0.29) is 24.5 Å². The van der Waals surface area contributed by atoms with Gasteiger partial charge in [0.05, 0.1) is 65.3 Å². The minimum Gasteiger partial charge on any atom is -0.507 e. The Bertz CT molecular complexity index is 1000. The van der Waals surface area contributed by atoms with Crippen molar-refractivity contribution < 1.29 is 67.0 Å². The summed E-state index contributed by atoms with van der Waals surface area (Å²) in [6.07, 6.45) is -1.23. The van der Waals surface area contributed by atoms with E-state index in [1.54, 1.807) is 19.9 Å². The maximum atomic E-state index is 12.7. The lowest BCUT2D eigenvalue weighted by molar-refractivity contribution is -0.202. The molecular weight excluding hydrogens is 548 g/mol. The molecule has 1 saturated carbocycles. The van der Waals surface area contributed by atoms with E-state index in [4.69, 9.17) is 33.2 Å². The monoisotopic (exact) mass is 586 g/mol. The third kappa shape index (κ3) is 9.32. The summed E-state index contributed by atoms with van der Waals surface area (Å²) < 4.78 is 39.1. The molecule has 6 atom stereocenters. The molecule has 2 rings (SSSR count). The van der Waals surface area contributed by atoms with Gasteiger partial charge in [0, 0.05) is 20.3 Å². The highest BCUT2D eigenvalue weighted by molar-refractivity contribution is 5.97. The van der Waals surface area contributed by atoms with Crippen LogP contribution in [0.25, 0.3) is 0 Å². The molecule has 0 spiro atoms. The Morgan fingerprint density at radius 3 is 1.41 bits per heavy atom. The van der Waals surface area contributed by atoms with Crippen LogP contribution in [0, 0.1) is 23.7 Å². The quantitative estimate of drug-likeness (QED) is 0.272.